The van der Waals surface area contributed by atoms with Crippen LogP contribution in [0.2, 0.25) is 0 Å². The number of ether oxygens (including phenoxy) is 1. The van der Waals surface area contributed by atoms with Crippen LogP contribution in [0.5, 0.6) is 0 Å². The smallest absolute Gasteiger partial charge is 0.261 e. The van der Waals surface area contributed by atoms with E-state index in [4.69, 9.17) is 17.0 Å². The van der Waals surface area contributed by atoms with E-state index in [-0.39, 0.29) is 6.61 Å². The van der Waals surface area contributed by atoms with Crippen LogP contribution in [0.3, 0.4) is 0 Å². The Balaban J connectivity index is 2.08. The first-order valence-electron chi connectivity index (χ1n) is 5.60. The number of nitrogens with zero attached hydrogens (tertiary/aromatic N) is 3. The van der Waals surface area contributed by atoms with Crippen molar-refractivity contribution < 1.29 is 13.5 Å². The lowest BCUT2D eigenvalue weighted by Crippen LogP contribution is -2.11. The van der Waals surface area contributed by atoms with Crippen molar-refractivity contribution >= 4 is 12.2 Å². The molecule has 2 rings (SSSR count). The van der Waals surface area contributed by atoms with Crippen LogP contribution in [0.15, 0.2) is 24.5 Å². The quantitative estimate of drug-likeness (QED) is 0.654. The number of hydrogen-bond donors (Lipinski definition) is 1. The minimum absolute atomic E-state index is 0.144. The molecule has 0 aliphatic heterocycles. The van der Waals surface area contributed by atoms with E-state index in [1.165, 1.54) is 0 Å². The Hall–Kier alpha value is -1.67. The largest absolute Gasteiger partial charge is 0.374 e. The zero-order valence-electron chi connectivity index (χ0n) is 9.92. The molecule has 102 valence electrons. The predicted octanol–water partition coefficient (Wildman–Crippen LogP) is 2.28. The van der Waals surface area contributed by atoms with Crippen LogP contribution in [0, 0.1) is 4.77 Å². The number of alkyl halides is 2. The Bertz CT molecular complexity index is 570. The molecule has 5 nitrogen and oxygen atoms in total. The third kappa shape index (κ3) is 3.65. The van der Waals surface area contributed by atoms with Crippen molar-refractivity contribution in [2.24, 2.45) is 0 Å². The molecule has 2 aromatic heterocycles. The number of H-pyrrole nitrogens is 1. The normalized spacial score (nSPS) is 11.1. The molecule has 0 saturated heterocycles. The third-order valence-corrected chi connectivity index (χ3v) is 2.69. The molecule has 0 fully saturated rings. The first-order chi connectivity index (χ1) is 9.18. The van der Waals surface area contributed by atoms with Gasteiger partial charge in [0.05, 0.1) is 13.2 Å². The molecule has 1 N–H and O–H groups in total. The average Bonchev–Trinajstić information content (AvgIpc) is 2.77. The van der Waals surface area contributed by atoms with Crippen molar-refractivity contribution in [2.75, 3.05) is 13.2 Å². The molecular formula is C11H12F2N4OS. The van der Waals surface area contributed by atoms with Gasteiger partial charge < -0.3 is 4.74 Å². The second-order valence-electron chi connectivity index (χ2n) is 3.71. The molecule has 8 heteroatoms. The molecule has 0 spiro atoms. The minimum Gasteiger partial charge on any atom is -0.374 e. The molecule has 0 aromatic carbocycles. The van der Waals surface area contributed by atoms with E-state index in [1.54, 1.807) is 23.0 Å². The highest BCUT2D eigenvalue weighted by Gasteiger charge is 2.09. The predicted molar refractivity (Wildman–Crippen MR) is 67.5 cm³/mol. The average molecular weight is 286 g/mol. The van der Waals surface area contributed by atoms with Gasteiger partial charge in [-0.2, -0.15) is 5.10 Å². The van der Waals surface area contributed by atoms with E-state index in [0.29, 0.717) is 17.1 Å². The van der Waals surface area contributed by atoms with Crippen LogP contribution in [-0.2, 0) is 11.3 Å². The van der Waals surface area contributed by atoms with Gasteiger partial charge in [0.15, 0.2) is 10.6 Å². The summed E-state index contributed by atoms with van der Waals surface area (Å²) in [6.45, 7) is -0.0783. The van der Waals surface area contributed by atoms with Gasteiger partial charge in [0.1, 0.15) is 6.61 Å². The van der Waals surface area contributed by atoms with Crippen molar-refractivity contribution in [3.63, 3.8) is 0 Å². The zero-order valence-corrected chi connectivity index (χ0v) is 10.7. The lowest BCUT2D eigenvalue weighted by Gasteiger charge is -2.07. The minimum atomic E-state index is -2.46. The van der Waals surface area contributed by atoms with Crippen LogP contribution in [-0.4, -0.2) is 39.4 Å². The highest BCUT2D eigenvalue weighted by atomic mass is 32.1. The first kappa shape index (κ1) is 13.8. The summed E-state index contributed by atoms with van der Waals surface area (Å²) in [6.07, 6.45) is 0.845. The number of nitrogens with one attached hydrogen (secondary N) is 1. The van der Waals surface area contributed by atoms with Crippen LogP contribution >= 0.6 is 12.2 Å². The van der Waals surface area contributed by atoms with Gasteiger partial charge >= 0.3 is 0 Å². The number of halogens is 2. The monoisotopic (exact) mass is 286 g/mol. The number of aromatic nitrogens is 4. The van der Waals surface area contributed by atoms with Gasteiger partial charge in [-0.05, 0) is 24.4 Å². The van der Waals surface area contributed by atoms with Crippen LogP contribution in [0.25, 0.3) is 11.4 Å². The van der Waals surface area contributed by atoms with Gasteiger partial charge in [0.25, 0.3) is 6.43 Å². The Kier molecular flexibility index (Phi) is 4.69. The second kappa shape index (κ2) is 6.48. The summed E-state index contributed by atoms with van der Waals surface area (Å²) >= 11 is 5.09. The van der Waals surface area contributed by atoms with Gasteiger partial charge in [-0.1, -0.05) is 0 Å². The van der Waals surface area contributed by atoms with E-state index in [9.17, 15) is 8.78 Å². The SMILES string of the molecule is FC(F)COCCn1c(-c2cccnc2)n[nH]c1=S. The van der Waals surface area contributed by atoms with E-state index < -0.39 is 13.0 Å². The maximum Gasteiger partial charge on any atom is 0.261 e. The van der Waals surface area contributed by atoms with Gasteiger partial charge in [-0.25, -0.2) is 8.78 Å². The van der Waals surface area contributed by atoms with E-state index in [2.05, 4.69) is 15.2 Å². The lowest BCUT2D eigenvalue weighted by atomic mass is 10.3. The topological polar surface area (TPSA) is 55.7 Å². The number of hydrogen-bond acceptors (Lipinski definition) is 4. The molecule has 0 aliphatic carbocycles. The summed E-state index contributed by atoms with van der Waals surface area (Å²) in [5.41, 5.74) is 0.795. The summed E-state index contributed by atoms with van der Waals surface area (Å²) in [4.78, 5) is 4.00. The van der Waals surface area contributed by atoms with Gasteiger partial charge in [-0.15, -0.1) is 0 Å². The number of rotatable bonds is 6. The summed E-state index contributed by atoms with van der Waals surface area (Å²) < 4.78 is 30.8. The summed E-state index contributed by atoms with van der Waals surface area (Å²) in [5.74, 6) is 0.610. The Morgan fingerprint density at radius 3 is 3.00 bits per heavy atom. The Morgan fingerprint density at radius 2 is 2.32 bits per heavy atom. The molecule has 0 amide bonds. The zero-order chi connectivity index (χ0) is 13.7. The maximum atomic E-state index is 11.9. The van der Waals surface area contributed by atoms with Crippen LogP contribution < -0.4 is 0 Å². The fourth-order valence-corrected chi connectivity index (χ4v) is 1.79. The van der Waals surface area contributed by atoms with Crippen LogP contribution in [0.4, 0.5) is 8.78 Å². The fourth-order valence-electron chi connectivity index (χ4n) is 1.57. The highest BCUT2D eigenvalue weighted by Crippen LogP contribution is 2.15. The lowest BCUT2D eigenvalue weighted by molar-refractivity contribution is 0.0148. The molecule has 0 radical (unpaired) electrons. The van der Waals surface area contributed by atoms with Crippen LogP contribution in [0.1, 0.15) is 0 Å². The number of aromatic amines is 1. The van der Waals surface area contributed by atoms with E-state index in [1.807, 2.05) is 6.07 Å². The molecule has 2 aromatic rings. The first-order valence-corrected chi connectivity index (χ1v) is 6.01. The molecular weight excluding hydrogens is 274 g/mol. The summed E-state index contributed by atoms with van der Waals surface area (Å²) in [5, 5.41) is 6.77. The van der Waals surface area contributed by atoms with Crippen molar-refractivity contribution in [1.29, 1.82) is 0 Å². The molecule has 2 heterocycles. The molecule has 0 aliphatic rings. The van der Waals surface area contributed by atoms with Gasteiger partial charge in [-0.3, -0.25) is 14.6 Å². The second-order valence-corrected chi connectivity index (χ2v) is 4.10. The molecule has 0 saturated carbocycles. The van der Waals surface area contributed by atoms with Gasteiger partial charge in [0, 0.05) is 18.0 Å². The summed E-state index contributed by atoms with van der Waals surface area (Å²) in [7, 11) is 0. The van der Waals surface area contributed by atoms with E-state index >= 15 is 0 Å². The Morgan fingerprint density at radius 1 is 1.47 bits per heavy atom. The fraction of sp³-hybridized carbons (Fsp3) is 0.364. The van der Waals surface area contributed by atoms with Crippen molar-refractivity contribution in [2.45, 2.75) is 13.0 Å². The highest BCUT2D eigenvalue weighted by molar-refractivity contribution is 7.71. The standard InChI is InChI=1S/C11H12F2N4OS/c12-9(13)7-18-5-4-17-10(15-16-11(17)19)8-2-1-3-14-6-8/h1-3,6,9H,4-5,7H2,(H,16,19). The van der Waals surface area contributed by atoms with Crippen molar-refractivity contribution in [3.8, 4) is 11.4 Å². The molecule has 0 atom stereocenters. The number of pyridine rings is 1. The molecule has 0 bridgehead atoms. The molecule has 0 unspecified atom stereocenters. The van der Waals surface area contributed by atoms with Crippen molar-refractivity contribution in [3.05, 3.63) is 29.3 Å². The van der Waals surface area contributed by atoms with E-state index in [0.717, 1.165) is 5.56 Å². The maximum absolute atomic E-state index is 11.9. The van der Waals surface area contributed by atoms with Crippen molar-refractivity contribution in [1.82, 2.24) is 19.7 Å². The Labute approximate surface area is 113 Å². The van der Waals surface area contributed by atoms with Gasteiger partial charge in [0.2, 0.25) is 0 Å². The third-order valence-electron chi connectivity index (χ3n) is 2.38. The summed E-state index contributed by atoms with van der Waals surface area (Å²) in [6, 6.07) is 3.62. The molecule has 19 heavy (non-hydrogen) atoms.